The van der Waals surface area contributed by atoms with Crippen molar-refractivity contribution in [3.8, 4) is 11.3 Å². The van der Waals surface area contributed by atoms with Crippen LogP contribution in [0.4, 0.5) is 13.2 Å². The fourth-order valence-corrected chi connectivity index (χ4v) is 2.14. The zero-order valence-corrected chi connectivity index (χ0v) is 12.8. The summed E-state index contributed by atoms with van der Waals surface area (Å²) in [5, 5.41) is 3.80. The highest BCUT2D eigenvalue weighted by Gasteiger charge is 2.30. The molecule has 0 aliphatic carbocycles. The van der Waals surface area contributed by atoms with Gasteiger partial charge in [0.25, 0.3) is 0 Å². The molecular weight excluding hydrogens is 335 g/mol. The number of halogens is 3. The van der Waals surface area contributed by atoms with Gasteiger partial charge >= 0.3 is 12.1 Å². The van der Waals surface area contributed by atoms with Gasteiger partial charge in [0, 0.05) is 11.6 Å². The largest absolute Gasteiger partial charge is 0.455 e. The van der Waals surface area contributed by atoms with Crippen LogP contribution in [0.1, 0.15) is 21.6 Å². The van der Waals surface area contributed by atoms with Crippen molar-refractivity contribution in [3.05, 3.63) is 77.5 Å². The Hall–Kier alpha value is -3.09. The van der Waals surface area contributed by atoms with Crippen molar-refractivity contribution in [1.29, 1.82) is 0 Å². The molecule has 0 atom stereocenters. The highest BCUT2D eigenvalue weighted by molar-refractivity contribution is 5.89. The number of carbonyl (C=O) groups is 1. The molecule has 0 aliphatic heterocycles. The van der Waals surface area contributed by atoms with Crippen molar-refractivity contribution >= 4 is 5.97 Å². The normalized spacial score (nSPS) is 11.3. The first-order chi connectivity index (χ1) is 11.9. The molecule has 25 heavy (non-hydrogen) atoms. The summed E-state index contributed by atoms with van der Waals surface area (Å²) in [6.45, 7) is -0.143. The van der Waals surface area contributed by atoms with Crippen LogP contribution in [-0.2, 0) is 17.5 Å². The Labute approximate surface area is 140 Å². The monoisotopic (exact) mass is 347 g/mol. The van der Waals surface area contributed by atoms with Crippen LogP contribution in [-0.4, -0.2) is 11.1 Å². The topological polar surface area (TPSA) is 52.3 Å². The summed E-state index contributed by atoms with van der Waals surface area (Å²) < 4.78 is 47.7. The molecule has 128 valence electrons. The number of hydrogen-bond acceptors (Lipinski definition) is 4. The lowest BCUT2D eigenvalue weighted by atomic mass is 10.1. The molecule has 2 aromatic carbocycles. The third-order valence-electron chi connectivity index (χ3n) is 3.42. The number of benzene rings is 2. The highest BCUT2D eigenvalue weighted by Crippen LogP contribution is 2.29. The van der Waals surface area contributed by atoms with Gasteiger partial charge in [-0.15, -0.1) is 0 Å². The van der Waals surface area contributed by atoms with Crippen LogP contribution in [0.15, 0.2) is 65.2 Å². The van der Waals surface area contributed by atoms with Crippen LogP contribution in [0.25, 0.3) is 11.3 Å². The minimum absolute atomic E-state index is 0.0276. The molecule has 0 fully saturated rings. The van der Waals surface area contributed by atoms with Gasteiger partial charge in [0.2, 0.25) is 0 Å². The Bertz CT molecular complexity index is 855. The van der Waals surface area contributed by atoms with E-state index in [1.165, 1.54) is 0 Å². The first kappa shape index (κ1) is 16.8. The van der Waals surface area contributed by atoms with Crippen molar-refractivity contribution in [2.45, 2.75) is 12.8 Å². The van der Waals surface area contributed by atoms with Gasteiger partial charge in [-0.25, -0.2) is 4.79 Å². The minimum atomic E-state index is -4.45. The standard InChI is InChI=1S/C18H12F3NO3/c19-18(20,21)14-8-6-13(7-9-14)17(23)24-11-15-10-16(25-22-15)12-4-2-1-3-5-12/h1-10H,11H2. The predicted octanol–water partition coefficient (Wildman–Crippen LogP) is 4.72. The molecule has 0 N–H and O–H groups in total. The van der Waals surface area contributed by atoms with E-state index in [0.29, 0.717) is 11.5 Å². The van der Waals surface area contributed by atoms with Gasteiger partial charge in [-0.3, -0.25) is 0 Å². The molecular formula is C18H12F3NO3. The Kier molecular flexibility index (Phi) is 4.56. The van der Waals surface area contributed by atoms with E-state index >= 15 is 0 Å². The van der Waals surface area contributed by atoms with Gasteiger partial charge in [-0.2, -0.15) is 13.2 Å². The maximum absolute atomic E-state index is 12.5. The molecule has 7 heteroatoms. The van der Waals surface area contributed by atoms with E-state index in [-0.39, 0.29) is 12.2 Å². The smallest absolute Gasteiger partial charge is 0.416 e. The molecule has 0 saturated carbocycles. The van der Waals surface area contributed by atoms with Crippen LogP contribution < -0.4 is 0 Å². The summed E-state index contributed by atoms with van der Waals surface area (Å²) in [6, 6.07) is 14.7. The summed E-state index contributed by atoms with van der Waals surface area (Å²) in [5.74, 6) is -0.209. The molecule has 1 heterocycles. The number of nitrogens with zero attached hydrogens (tertiary/aromatic N) is 1. The van der Waals surface area contributed by atoms with Gasteiger partial charge in [0.05, 0.1) is 11.1 Å². The second kappa shape index (κ2) is 6.80. The first-order valence-electron chi connectivity index (χ1n) is 7.29. The third-order valence-corrected chi connectivity index (χ3v) is 3.42. The molecule has 3 aromatic rings. The summed E-state index contributed by atoms with van der Waals surface area (Å²) in [5.41, 5.74) is 0.433. The average Bonchev–Trinajstić information content (AvgIpc) is 3.09. The van der Waals surface area contributed by atoms with E-state index < -0.39 is 17.7 Å². The second-order valence-corrected chi connectivity index (χ2v) is 5.20. The number of ether oxygens (including phenoxy) is 1. The van der Waals surface area contributed by atoms with E-state index in [1.54, 1.807) is 6.07 Å². The van der Waals surface area contributed by atoms with Gasteiger partial charge in [0.1, 0.15) is 12.3 Å². The lowest BCUT2D eigenvalue weighted by Crippen LogP contribution is -2.08. The van der Waals surface area contributed by atoms with Crippen molar-refractivity contribution in [2.24, 2.45) is 0 Å². The Morgan fingerprint density at radius 3 is 2.36 bits per heavy atom. The van der Waals surface area contributed by atoms with Gasteiger partial charge < -0.3 is 9.26 Å². The molecule has 0 radical (unpaired) electrons. The SMILES string of the molecule is O=C(OCc1cc(-c2ccccc2)on1)c1ccc(C(F)(F)F)cc1. The molecule has 0 saturated heterocycles. The summed E-state index contributed by atoms with van der Waals surface area (Å²) >= 11 is 0. The molecule has 0 unspecified atom stereocenters. The third kappa shape index (κ3) is 4.06. The molecule has 4 nitrogen and oxygen atoms in total. The highest BCUT2D eigenvalue weighted by atomic mass is 19.4. The van der Waals surface area contributed by atoms with E-state index in [9.17, 15) is 18.0 Å². The lowest BCUT2D eigenvalue weighted by molar-refractivity contribution is -0.137. The number of hydrogen-bond donors (Lipinski definition) is 0. The maximum atomic E-state index is 12.5. The maximum Gasteiger partial charge on any atom is 0.416 e. The first-order valence-corrected chi connectivity index (χ1v) is 7.29. The number of aromatic nitrogens is 1. The second-order valence-electron chi connectivity index (χ2n) is 5.20. The van der Waals surface area contributed by atoms with E-state index in [1.807, 2.05) is 30.3 Å². The van der Waals surface area contributed by atoms with Crippen LogP contribution in [0.5, 0.6) is 0 Å². The van der Waals surface area contributed by atoms with Crippen molar-refractivity contribution in [2.75, 3.05) is 0 Å². The van der Waals surface area contributed by atoms with Gasteiger partial charge in [0.15, 0.2) is 5.76 Å². The van der Waals surface area contributed by atoms with Crippen LogP contribution in [0.2, 0.25) is 0 Å². The minimum Gasteiger partial charge on any atom is -0.455 e. The lowest BCUT2D eigenvalue weighted by Gasteiger charge is -2.07. The average molecular weight is 347 g/mol. The van der Waals surface area contributed by atoms with Crippen LogP contribution in [0, 0.1) is 0 Å². The van der Waals surface area contributed by atoms with Gasteiger partial charge in [-0.05, 0) is 24.3 Å². The van der Waals surface area contributed by atoms with Gasteiger partial charge in [-0.1, -0.05) is 35.5 Å². The quantitative estimate of drug-likeness (QED) is 0.641. The summed E-state index contributed by atoms with van der Waals surface area (Å²) in [6.07, 6.45) is -4.45. The zero-order valence-electron chi connectivity index (χ0n) is 12.8. The predicted molar refractivity (Wildman–Crippen MR) is 82.5 cm³/mol. The van der Waals surface area contributed by atoms with Crippen molar-refractivity contribution in [3.63, 3.8) is 0 Å². The number of carbonyl (C=O) groups excluding carboxylic acids is 1. The Balaban J connectivity index is 1.62. The number of esters is 1. The van der Waals surface area contributed by atoms with E-state index in [4.69, 9.17) is 9.26 Å². The van der Waals surface area contributed by atoms with E-state index in [0.717, 1.165) is 29.8 Å². The molecule has 0 aliphatic rings. The van der Waals surface area contributed by atoms with Crippen LogP contribution >= 0.6 is 0 Å². The molecule has 0 amide bonds. The van der Waals surface area contributed by atoms with E-state index in [2.05, 4.69) is 5.16 Å². The Morgan fingerprint density at radius 2 is 1.72 bits per heavy atom. The zero-order chi connectivity index (χ0) is 17.9. The molecule has 1 aromatic heterocycles. The Morgan fingerprint density at radius 1 is 1.04 bits per heavy atom. The molecule has 0 bridgehead atoms. The fourth-order valence-electron chi connectivity index (χ4n) is 2.14. The van der Waals surface area contributed by atoms with Crippen molar-refractivity contribution in [1.82, 2.24) is 5.16 Å². The fraction of sp³-hybridized carbons (Fsp3) is 0.111. The number of rotatable bonds is 4. The van der Waals surface area contributed by atoms with Crippen molar-refractivity contribution < 1.29 is 27.2 Å². The summed E-state index contributed by atoms with van der Waals surface area (Å²) in [4.78, 5) is 11.9. The molecule has 0 spiro atoms. The summed E-state index contributed by atoms with van der Waals surface area (Å²) in [7, 11) is 0. The van der Waals surface area contributed by atoms with Crippen LogP contribution in [0.3, 0.4) is 0 Å². The molecule has 3 rings (SSSR count). The number of alkyl halides is 3.